The molecular formula is C25H27BrN4OS. The van der Waals surface area contributed by atoms with Crippen molar-refractivity contribution in [3.8, 4) is 0 Å². The molecule has 5 nitrogen and oxygen atoms in total. The van der Waals surface area contributed by atoms with Gasteiger partial charge in [-0.05, 0) is 91.0 Å². The number of pyridine rings is 1. The lowest BCUT2D eigenvalue weighted by Gasteiger charge is -2.30. The number of rotatable bonds is 5. The molecule has 0 unspecified atom stereocenters. The third-order valence-corrected chi connectivity index (χ3v) is 8.41. The van der Waals surface area contributed by atoms with E-state index in [4.69, 9.17) is 0 Å². The van der Waals surface area contributed by atoms with Gasteiger partial charge in [-0.1, -0.05) is 12.1 Å². The first-order valence-electron chi connectivity index (χ1n) is 11.4. The summed E-state index contributed by atoms with van der Waals surface area (Å²) < 4.78 is 1.01. The smallest absolute Gasteiger partial charge is 0.277 e. The highest BCUT2D eigenvalue weighted by Crippen LogP contribution is 2.32. The van der Waals surface area contributed by atoms with Crippen molar-refractivity contribution in [3.63, 3.8) is 0 Å². The molecule has 0 radical (unpaired) electrons. The molecule has 3 aromatic rings. The van der Waals surface area contributed by atoms with Crippen LogP contribution in [0.5, 0.6) is 0 Å². The topological polar surface area (TPSA) is 58.5 Å². The fourth-order valence-electron chi connectivity index (χ4n) is 4.94. The van der Waals surface area contributed by atoms with Gasteiger partial charge in [-0.25, -0.2) is 9.98 Å². The SMILES string of the molecule is O=C(N=CC1CCC(CCN2CCc3sc(Br)nc3C2)CC1)c1cccc2ncccc12. The summed E-state index contributed by atoms with van der Waals surface area (Å²) in [5, 5.41) is 0.871. The highest BCUT2D eigenvalue weighted by atomic mass is 79.9. The average Bonchev–Trinajstić information content (AvgIpc) is 3.20. The van der Waals surface area contributed by atoms with E-state index < -0.39 is 0 Å². The lowest BCUT2D eigenvalue weighted by molar-refractivity contribution is 0.100. The van der Waals surface area contributed by atoms with Crippen molar-refractivity contribution in [1.29, 1.82) is 0 Å². The van der Waals surface area contributed by atoms with E-state index in [1.54, 1.807) is 17.5 Å². The highest BCUT2D eigenvalue weighted by Gasteiger charge is 2.24. The predicted molar refractivity (Wildman–Crippen MR) is 133 cm³/mol. The van der Waals surface area contributed by atoms with Crippen LogP contribution in [0.1, 0.15) is 53.0 Å². The van der Waals surface area contributed by atoms with Gasteiger partial charge in [-0.3, -0.25) is 14.7 Å². The standard InChI is InChI=1S/C25H27BrN4OS/c26-25-29-22-16-30(14-11-23(22)32-25)13-10-17-6-8-18(9-7-17)15-28-24(31)20-3-1-5-21-19(20)4-2-12-27-21/h1-5,12,15,17-18H,6-11,13-14,16H2. The number of halogens is 1. The summed E-state index contributed by atoms with van der Waals surface area (Å²) >= 11 is 5.30. The van der Waals surface area contributed by atoms with Gasteiger partial charge in [-0.2, -0.15) is 0 Å². The first-order chi connectivity index (χ1) is 15.7. The second-order valence-corrected chi connectivity index (χ2v) is 11.3. The zero-order valence-corrected chi connectivity index (χ0v) is 20.4. The third kappa shape index (κ3) is 5.00. The van der Waals surface area contributed by atoms with Crippen LogP contribution in [0.2, 0.25) is 0 Å². The Hall–Kier alpha value is -1.96. The number of carbonyl (C=O) groups is 1. The maximum Gasteiger partial charge on any atom is 0.277 e. The van der Waals surface area contributed by atoms with Gasteiger partial charge in [-0.15, -0.1) is 11.3 Å². The Labute approximate surface area is 201 Å². The summed E-state index contributed by atoms with van der Waals surface area (Å²) in [4.78, 5) is 30.0. The monoisotopic (exact) mass is 510 g/mol. The molecule has 0 N–H and O–H groups in total. The van der Waals surface area contributed by atoms with Crippen LogP contribution in [-0.4, -0.2) is 40.1 Å². The number of aromatic nitrogens is 2. The number of fused-ring (bicyclic) bond motifs is 2. The van der Waals surface area contributed by atoms with E-state index >= 15 is 0 Å². The Kier molecular flexibility index (Phi) is 6.76. The quantitative estimate of drug-likeness (QED) is 0.399. The van der Waals surface area contributed by atoms with Gasteiger partial charge < -0.3 is 0 Å². The van der Waals surface area contributed by atoms with Gasteiger partial charge in [0, 0.05) is 35.8 Å². The van der Waals surface area contributed by atoms with E-state index in [2.05, 4.69) is 35.8 Å². The summed E-state index contributed by atoms with van der Waals surface area (Å²) in [5.41, 5.74) is 2.73. The minimum atomic E-state index is -0.163. The van der Waals surface area contributed by atoms with Crippen LogP contribution in [0.25, 0.3) is 10.9 Å². The fourth-order valence-corrected chi connectivity index (χ4v) is 6.52. The van der Waals surface area contributed by atoms with E-state index in [-0.39, 0.29) is 5.91 Å². The van der Waals surface area contributed by atoms with E-state index in [1.807, 2.05) is 36.5 Å². The molecule has 0 atom stereocenters. The summed E-state index contributed by atoms with van der Waals surface area (Å²) in [5.74, 6) is 1.03. The number of hydrogen-bond acceptors (Lipinski definition) is 5. The average molecular weight is 511 g/mol. The molecule has 2 aliphatic rings. The molecule has 32 heavy (non-hydrogen) atoms. The predicted octanol–water partition coefficient (Wildman–Crippen LogP) is 5.92. The molecule has 1 aliphatic carbocycles. The molecule has 3 heterocycles. The summed E-state index contributed by atoms with van der Waals surface area (Å²) in [6, 6.07) is 9.44. The molecule has 5 rings (SSSR count). The minimum absolute atomic E-state index is 0.163. The Morgan fingerprint density at radius 2 is 2.09 bits per heavy atom. The molecule has 7 heteroatoms. The third-order valence-electron chi connectivity index (χ3n) is 6.80. The largest absolute Gasteiger partial charge is 0.297 e. The normalized spacial score (nSPS) is 21.8. The van der Waals surface area contributed by atoms with Crippen LogP contribution in [-0.2, 0) is 13.0 Å². The van der Waals surface area contributed by atoms with Gasteiger partial charge in [0.1, 0.15) is 0 Å². The molecule has 1 fully saturated rings. The molecule has 1 aliphatic heterocycles. The summed E-state index contributed by atoms with van der Waals surface area (Å²) in [6.07, 6.45) is 10.7. The van der Waals surface area contributed by atoms with Crippen LogP contribution < -0.4 is 0 Å². The van der Waals surface area contributed by atoms with E-state index in [9.17, 15) is 4.79 Å². The molecule has 0 spiro atoms. The first kappa shape index (κ1) is 21.9. The molecule has 2 aromatic heterocycles. The van der Waals surface area contributed by atoms with Crippen molar-refractivity contribution >= 4 is 50.3 Å². The van der Waals surface area contributed by atoms with Crippen molar-refractivity contribution in [3.05, 3.63) is 56.6 Å². The second-order valence-electron chi connectivity index (χ2n) is 8.89. The highest BCUT2D eigenvalue weighted by molar-refractivity contribution is 9.11. The number of nitrogens with zero attached hydrogens (tertiary/aromatic N) is 4. The van der Waals surface area contributed by atoms with Crippen molar-refractivity contribution in [2.45, 2.75) is 45.1 Å². The fraction of sp³-hybridized carbons (Fsp3) is 0.440. The van der Waals surface area contributed by atoms with E-state index in [1.165, 1.54) is 29.8 Å². The first-order valence-corrected chi connectivity index (χ1v) is 13.1. The van der Waals surface area contributed by atoms with E-state index in [0.717, 1.165) is 59.6 Å². The van der Waals surface area contributed by atoms with Gasteiger partial charge in [0.2, 0.25) is 0 Å². The Morgan fingerprint density at radius 3 is 2.97 bits per heavy atom. The second kappa shape index (κ2) is 9.89. The number of thiazole rings is 1. The maximum atomic E-state index is 12.7. The molecule has 0 bridgehead atoms. The Bertz CT molecular complexity index is 1130. The number of carbonyl (C=O) groups excluding carboxylic acids is 1. The van der Waals surface area contributed by atoms with Crippen molar-refractivity contribution in [2.75, 3.05) is 13.1 Å². The number of hydrogen-bond donors (Lipinski definition) is 0. The van der Waals surface area contributed by atoms with Crippen LogP contribution >= 0.6 is 27.3 Å². The van der Waals surface area contributed by atoms with Crippen LogP contribution in [0, 0.1) is 11.8 Å². The molecule has 166 valence electrons. The Morgan fingerprint density at radius 1 is 1.22 bits per heavy atom. The lowest BCUT2D eigenvalue weighted by Crippen LogP contribution is -2.32. The molecule has 1 saturated carbocycles. The van der Waals surface area contributed by atoms with Crippen LogP contribution in [0.15, 0.2) is 45.4 Å². The van der Waals surface area contributed by atoms with Crippen LogP contribution in [0.4, 0.5) is 0 Å². The molecular weight excluding hydrogens is 484 g/mol. The zero-order valence-electron chi connectivity index (χ0n) is 18.0. The number of amides is 1. The number of benzene rings is 1. The van der Waals surface area contributed by atoms with Gasteiger partial charge >= 0.3 is 0 Å². The van der Waals surface area contributed by atoms with E-state index in [0.29, 0.717) is 11.5 Å². The summed E-state index contributed by atoms with van der Waals surface area (Å²) in [7, 11) is 0. The summed E-state index contributed by atoms with van der Waals surface area (Å²) in [6.45, 7) is 3.30. The van der Waals surface area contributed by atoms with Crippen molar-refractivity contribution in [2.24, 2.45) is 16.8 Å². The zero-order chi connectivity index (χ0) is 21.9. The number of aliphatic imine (C=N–C) groups is 1. The van der Waals surface area contributed by atoms with Crippen molar-refractivity contribution < 1.29 is 4.79 Å². The van der Waals surface area contributed by atoms with Crippen molar-refractivity contribution in [1.82, 2.24) is 14.9 Å². The Balaban J connectivity index is 1.09. The van der Waals surface area contributed by atoms with Gasteiger partial charge in [0.05, 0.1) is 16.8 Å². The van der Waals surface area contributed by atoms with Gasteiger partial charge in [0.15, 0.2) is 3.92 Å². The van der Waals surface area contributed by atoms with Gasteiger partial charge in [0.25, 0.3) is 5.91 Å². The molecule has 0 saturated heterocycles. The molecule has 1 amide bonds. The lowest BCUT2D eigenvalue weighted by atomic mass is 9.81. The maximum absolute atomic E-state index is 12.7. The minimum Gasteiger partial charge on any atom is -0.297 e. The van der Waals surface area contributed by atoms with Crippen LogP contribution in [0.3, 0.4) is 0 Å². The molecule has 1 aromatic carbocycles.